The summed E-state index contributed by atoms with van der Waals surface area (Å²) in [6, 6.07) is 8.44. The van der Waals surface area contributed by atoms with E-state index in [1.165, 1.54) is 41.4 Å². The average Bonchev–Trinajstić information content (AvgIpc) is 2.93. The van der Waals surface area contributed by atoms with Crippen molar-refractivity contribution >= 4 is 16.8 Å². The Morgan fingerprint density at radius 1 is 1.09 bits per heavy atom. The van der Waals surface area contributed by atoms with Gasteiger partial charge >= 0.3 is 0 Å². The molecule has 1 amide bonds. The summed E-state index contributed by atoms with van der Waals surface area (Å²) in [5.74, 6) is 0.284. The molecule has 4 heteroatoms. The Labute approximate surface area is 131 Å². The van der Waals surface area contributed by atoms with E-state index in [2.05, 4.69) is 34.1 Å². The molecule has 0 spiro atoms. The lowest BCUT2D eigenvalue weighted by molar-refractivity contribution is -0.133. The maximum absolute atomic E-state index is 12.6. The molecule has 2 aromatic rings. The molecule has 1 aromatic carbocycles. The Bertz CT molecular complexity index is 685. The van der Waals surface area contributed by atoms with Crippen LogP contribution in [0.5, 0.6) is 0 Å². The molecule has 0 saturated carbocycles. The zero-order valence-electron chi connectivity index (χ0n) is 13.0. The van der Waals surface area contributed by atoms with Gasteiger partial charge in [-0.05, 0) is 44.0 Å². The molecule has 0 unspecified atom stereocenters. The van der Waals surface area contributed by atoms with Crippen molar-refractivity contribution in [2.24, 2.45) is 0 Å². The van der Waals surface area contributed by atoms with Crippen molar-refractivity contribution in [1.29, 1.82) is 0 Å². The third-order valence-corrected chi connectivity index (χ3v) is 5.04. The molecule has 116 valence electrons. The van der Waals surface area contributed by atoms with Gasteiger partial charge in [-0.25, -0.2) is 0 Å². The summed E-state index contributed by atoms with van der Waals surface area (Å²) in [5, 5.41) is 1.32. The molecule has 4 rings (SSSR count). The number of amides is 1. The molecule has 0 aliphatic carbocycles. The summed E-state index contributed by atoms with van der Waals surface area (Å²) < 4.78 is 0. The maximum atomic E-state index is 12.6. The number of piperidine rings is 1. The molecule has 1 N–H and O–H groups in total. The fourth-order valence-electron chi connectivity index (χ4n) is 3.81. The smallest absolute Gasteiger partial charge is 0.237 e. The number of hydrogen-bond donors (Lipinski definition) is 1. The van der Waals surface area contributed by atoms with Gasteiger partial charge < -0.3 is 9.88 Å². The van der Waals surface area contributed by atoms with Crippen LogP contribution in [0.25, 0.3) is 10.9 Å². The van der Waals surface area contributed by atoms with E-state index >= 15 is 0 Å². The van der Waals surface area contributed by atoms with Crippen LogP contribution in [0.3, 0.4) is 0 Å². The second-order valence-electron chi connectivity index (χ2n) is 6.53. The highest BCUT2D eigenvalue weighted by Crippen LogP contribution is 2.27. The molecule has 0 radical (unpaired) electrons. The van der Waals surface area contributed by atoms with Gasteiger partial charge in [-0.1, -0.05) is 24.6 Å². The number of hydrogen-bond acceptors (Lipinski definition) is 2. The third-order valence-electron chi connectivity index (χ3n) is 5.04. The number of aromatic amines is 1. The van der Waals surface area contributed by atoms with Gasteiger partial charge in [0, 0.05) is 23.1 Å². The number of nitrogens with one attached hydrogen (secondary N) is 1. The lowest BCUT2D eigenvalue weighted by Gasteiger charge is -2.31. The summed E-state index contributed by atoms with van der Waals surface area (Å²) in [5.41, 5.74) is 3.81. The maximum Gasteiger partial charge on any atom is 0.237 e. The number of para-hydroxylation sites is 1. The Morgan fingerprint density at radius 3 is 2.77 bits per heavy atom. The van der Waals surface area contributed by atoms with Gasteiger partial charge in [-0.3, -0.25) is 9.69 Å². The van der Waals surface area contributed by atoms with Crippen LogP contribution in [0.15, 0.2) is 24.3 Å². The predicted octanol–water partition coefficient (Wildman–Crippen LogP) is 2.54. The third kappa shape index (κ3) is 2.52. The number of rotatable bonds is 2. The highest BCUT2D eigenvalue weighted by Gasteiger charge is 2.25. The van der Waals surface area contributed by atoms with Gasteiger partial charge in [0.2, 0.25) is 5.91 Å². The van der Waals surface area contributed by atoms with Crippen molar-refractivity contribution in [3.63, 3.8) is 0 Å². The number of carbonyl (C=O) groups is 1. The number of carbonyl (C=O) groups excluding carboxylic acids is 1. The minimum absolute atomic E-state index is 0.284. The molecule has 2 aliphatic rings. The Balaban J connectivity index is 1.48. The molecule has 0 bridgehead atoms. The van der Waals surface area contributed by atoms with Gasteiger partial charge in [0.05, 0.1) is 13.1 Å². The highest BCUT2D eigenvalue weighted by atomic mass is 16.2. The first-order valence-corrected chi connectivity index (χ1v) is 8.40. The number of benzene rings is 1. The predicted molar refractivity (Wildman–Crippen MR) is 87.7 cm³/mol. The fraction of sp³-hybridized carbons (Fsp3) is 0.500. The lowest BCUT2D eigenvalue weighted by Crippen LogP contribution is -2.44. The number of nitrogens with zero attached hydrogens (tertiary/aromatic N) is 2. The molecular weight excluding hydrogens is 274 g/mol. The zero-order chi connectivity index (χ0) is 14.9. The van der Waals surface area contributed by atoms with E-state index in [4.69, 9.17) is 0 Å². The summed E-state index contributed by atoms with van der Waals surface area (Å²) in [6.07, 6.45) is 4.75. The molecule has 1 fully saturated rings. The molecule has 4 nitrogen and oxygen atoms in total. The minimum Gasteiger partial charge on any atom is -0.357 e. The quantitative estimate of drug-likeness (QED) is 0.925. The molecule has 1 aromatic heterocycles. The summed E-state index contributed by atoms with van der Waals surface area (Å²) in [4.78, 5) is 20.4. The number of H-pyrrole nitrogens is 1. The largest absolute Gasteiger partial charge is 0.357 e. The van der Waals surface area contributed by atoms with Crippen LogP contribution < -0.4 is 0 Å². The van der Waals surface area contributed by atoms with Gasteiger partial charge in [-0.2, -0.15) is 0 Å². The van der Waals surface area contributed by atoms with Crippen LogP contribution in [0.2, 0.25) is 0 Å². The lowest BCUT2D eigenvalue weighted by atomic mass is 10.0. The Hall–Kier alpha value is -1.81. The van der Waals surface area contributed by atoms with Crippen LogP contribution in [0, 0.1) is 0 Å². The number of likely N-dealkylation sites (tertiary alicyclic amines) is 1. The molecule has 2 aliphatic heterocycles. The number of fused-ring (bicyclic) bond motifs is 3. The van der Waals surface area contributed by atoms with Crippen LogP contribution in [-0.2, 0) is 17.8 Å². The van der Waals surface area contributed by atoms with Crippen molar-refractivity contribution < 1.29 is 4.79 Å². The van der Waals surface area contributed by atoms with E-state index in [1.54, 1.807) is 0 Å². The zero-order valence-corrected chi connectivity index (χ0v) is 13.0. The number of aromatic nitrogens is 1. The first kappa shape index (κ1) is 13.8. The molecule has 22 heavy (non-hydrogen) atoms. The highest BCUT2D eigenvalue weighted by molar-refractivity contribution is 5.86. The summed E-state index contributed by atoms with van der Waals surface area (Å²) in [6.45, 7) is 4.34. The summed E-state index contributed by atoms with van der Waals surface area (Å²) >= 11 is 0. The van der Waals surface area contributed by atoms with Crippen LogP contribution in [0.1, 0.15) is 30.5 Å². The van der Waals surface area contributed by atoms with E-state index in [9.17, 15) is 4.79 Å². The average molecular weight is 297 g/mol. The van der Waals surface area contributed by atoms with Crippen molar-refractivity contribution in [1.82, 2.24) is 14.8 Å². The molecule has 0 atom stereocenters. The van der Waals surface area contributed by atoms with Crippen LogP contribution in [0.4, 0.5) is 0 Å². The second kappa shape index (κ2) is 5.76. The van der Waals surface area contributed by atoms with Gasteiger partial charge in [0.15, 0.2) is 0 Å². The van der Waals surface area contributed by atoms with Crippen molar-refractivity contribution in [2.75, 3.05) is 26.2 Å². The van der Waals surface area contributed by atoms with E-state index < -0.39 is 0 Å². The van der Waals surface area contributed by atoms with Crippen molar-refractivity contribution in [3.05, 3.63) is 35.5 Å². The Kier molecular flexibility index (Phi) is 3.62. The van der Waals surface area contributed by atoms with Gasteiger partial charge in [0.1, 0.15) is 0 Å². The van der Waals surface area contributed by atoms with Crippen LogP contribution in [-0.4, -0.2) is 46.9 Å². The van der Waals surface area contributed by atoms with Crippen LogP contribution >= 0.6 is 0 Å². The summed E-state index contributed by atoms with van der Waals surface area (Å²) in [7, 11) is 0. The monoisotopic (exact) mass is 297 g/mol. The van der Waals surface area contributed by atoms with Gasteiger partial charge in [-0.15, -0.1) is 0 Å². The minimum atomic E-state index is 0.284. The standard InChI is InChI=1S/C18H23N3O/c22-18(13-20-9-4-1-5-10-20)21-11-8-15-14-6-2-3-7-16(14)19-17(15)12-21/h2-3,6-7,19H,1,4-5,8-13H2. The normalized spacial score (nSPS) is 19.4. The molecular formula is C18H23N3O. The first-order valence-electron chi connectivity index (χ1n) is 8.40. The van der Waals surface area contributed by atoms with E-state index in [1.807, 2.05) is 4.90 Å². The van der Waals surface area contributed by atoms with Gasteiger partial charge in [0.25, 0.3) is 0 Å². The van der Waals surface area contributed by atoms with E-state index in [-0.39, 0.29) is 5.91 Å². The molecule has 3 heterocycles. The second-order valence-corrected chi connectivity index (χ2v) is 6.53. The first-order chi connectivity index (χ1) is 10.8. The van der Waals surface area contributed by atoms with Crippen molar-refractivity contribution in [3.8, 4) is 0 Å². The van der Waals surface area contributed by atoms with E-state index in [0.717, 1.165) is 32.6 Å². The van der Waals surface area contributed by atoms with E-state index in [0.29, 0.717) is 6.54 Å². The Morgan fingerprint density at radius 2 is 1.91 bits per heavy atom. The fourth-order valence-corrected chi connectivity index (χ4v) is 3.81. The molecule has 1 saturated heterocycles. The van der Waals surface area contributed by atoms with Crippen molar-refractivity contribution in [2.45, 2.75) is 32.2 Å². The topological polar surface area (TPSA) is 39.3 Å². The SMILES string of the molecule is O=C(CN1CCCCC1)N1CCc2c([nH]c3ccccc23)C1.